The lowest BCUT2D eigenvalue weighted by Crippen LogP contribution is -1.90. The molecule has 1 N–H and O–H groups in total. The van der Waals surface area contributed by atoms with Gasteiger partial charge in [0.2, 0.25) is 0 Å². The highest BCUT2D eigenvalue weighted by Gasteiger charge is 2.07. The second-order valence-corrected chi connectivity index (χ2v) is 5.48. The lowest BCUT2D eigenvalue weighted by atomic mass is 9.94. The first-order valence-corrected chi connectivity index (χ1v) is 7.56. The number of anilines is 1. The van der Waals surface area contributed by atoms with Gasteiger partial charge in [0, 0.05) is 18.1 Å². The Morgan fingerprint density at radius 3 is 2.00 bits per heavy atom. The van der Waals surface area contributed by atoms with Crippen LogP contribution < -0.4 is 5.32 Å². The standard InChI is InChI=1S/C21H17N/c1-22-21-12-6-11-18-17-10-5-9-16(15-7-3-2-4-8-15)19(17)13-14-20(18)21/h2-14,22H,1H3. The normalized spacial score (nSPS) is 11.0. The summed E-state index contributed by atoms with van der Waals surface area (Å²) in [4.78, 5) is 0. The molecule has 0 aromatic heterocycles. The van der Waals surface area contributed by atoms with Crippen molar-refractivity contribution in [3.63, 3.8) is 0 Å². The molecule has 0 saturated carbocycles. The van der Waals surface area contributed by atoms with E-state index in [1.54, 1.807) is 0 Å². The summed E-state index contributed by atoms with van der Waals surface area (Å²) in [5.74, 6) is 0. The van der Waals surface area contributed by atoms with Gasteiger partial charge in [-0.3, -0.25) is 0 Å². The molecular formula is C21H17N. The lowest BCUT2D eigenvalue weighted by Gasteiger charge is -2.12. The van der Waals surface area contributed by atoms with Gasteiger partial charge < -0.3 is 5.32 Å². The smallest absolute Gasteiger partial charge is 0.0417 e. The van der Waals surface area contributed by atoms with Gasteiger partial charge in [-0.2, -0.15) is 0 Å². The molecule has 0 saturated heterocycles. The van der Waals surface area contributed by atoms with Crippen LogP contribution in [0.25, 0.3) is 32.7 Å². The van der Waals surface area contributed by atoms with Gasteiger partial charge in [0.05, 0.1) is 0 Å². The number of nitrogens with one attached hydrogen (secondary N) is 1. The maximum absolute atomic E-state index is 3.28. The molecule has 0 unspecified atom stereocenters. The molecule has 106 valence electrons. The summed E-state index contributed by atoms with van der Waals surface area (Å²) in [6, 6.07) is 28.0. The first-order chi connectivity index (χ1) is 10.9. The van der Waals surface area contributed by atoms with E-state index in [-0.39, 0.29) is 0 Å². The molecular weight excluding hydrogens is 266 g/mol. The highest BCUT2D eigenvalue weighted by molar-refractivity contribution is 6.14. The predicted octanol–water partition coefficient (Wildman–Crippen LogP) is 5.70. The Labute approximate surface area is 130 Å². The van der Waals surface area contributed by atoms with E-state index in [0.29, 0.717) is 0 Å². The van der Waals surface area contributed by atoms with Crippen LogP contribution in [0.4, 0.5) is 5.69 Å². The minimum absolute atomic E-state index is 1.17. The Morgan fingerprint density at radius 2 is 1.23 bits per heavy atom. The predicted molar refractivity (Wildman–Crippen MR) is 96.4 cm³/mol. The average Bonchev–Trinajstić information content (AvgIpc) is 2.61. The maximum atomic E-state index is 3.28. The summed E-state index contributed by atoms with van der Waals surface area (Å²) in [5.41, 5.74) is 3.72. The van der Waals surface area contributed by atoms with Crippen molar-refractivity contribution in [1.29, 1.82) is 0 Å². The topological polar surface area (TPSA) is 12.0 Å². The van der Waals surface area contributed by atoms with Crippen LogP contribution in [0, 0.1) is 0 Å². The molecule has 0 atom stereocenters. The fourth-order valence-electron chi connectivity index (χ4n) is 3.21. The van der Waals surface area contributed by atoms with Crippen molar-refractivity contribution < 1.29 is 0 Å². The van der Waals surface area contributed by atoms with E-state index in [0.717, 1.165) is 0 Å². The monoisotopic (exact) mass is 283 g/mol. The Hall–Kier alpha value is -2.80. The second kappa shape index (κ2) is 5.19. The van der Waals surface area contributed by atoms with Gasteiger partial charge in [-0.25, -0.2) is 0 Å². The largest absolute Gasteiger partial charge is 0.388 e. The van der Waals surface area contributed by atoms with E-state index in [1.165, 1.54) is 38.4 Å². The van der Waals surface area contributed by atoms with Crippen molar-refractivity contribution in [3.8, 4) is 11.1 Å². The van der Waals surface area contributed by atoms with Gasteiger partial charge in [0.25, 0.3) is 0 Å². The summed E-state index contributed by atoms with van der Waals surface area (Å²) in [7, 11) is 1.97. The molecule has 0 spiro atoms. The second-order valence-electron chi connectivity index (χ2n) is 5.48. The molecule has 0 radical (unpaired) electrons. The summed E-state index contributed by atoms with van der Waals surface area (Å²) < 4.78 is 0. The summed E-state index contributed by atoms with van der Waals surface area (Å²) >= 11 is 0. The van der Waals surface area contributed by atoms with E-state index in [4.69, 9.17) is 0 Å². The quantitative estimate of drug-likeness (QED) is 0.465. The fourth-order valence-corrected chi connectivity index (χ4v) is 3.21. The number of fused-ring (bicyclic) bond motifs is 3. The third kappa shape index (κ3) is 1.94. The zero-order valence-corrected chi connectivity index (χ0v) is 12.5. The molecule has 0 amide bonds. The molecule has 4 aromatic carbocycles. The molecule has 0 aliphatic rings. The average molecular weight is 283 g/mol. The van der Waals surface area contributed by atoms with Gasteiger partial charge >= 0.3 is 0 Å². The zero-order chi connectivity index (χ0) is 14.9. The van der Waals surface area contributed by atoms with Crippen molar-refractivity contribution >= 4 is 27.2 Å². The number of rotatable bonds is 2. The lowest BCUT2D eigenvalue weighted by molar-refractivity contribution is 1.55. The highest BCUT2D eigenvalue weighted by atomic mass is 14.8. The first-order valence-electron chi connectivity index (χ1n) is 7.56. The van der Waals surface area contributed by atoms with Gasteiger partial charge in [-0.15, -0.1) is 0 Å². The molecule has 0 bridgehead atoms. The van der Waals surface area contributed by atoms with E-state index >= 15 is 0 Å². The van der Waals surface area contributed by atoms with Crippen molar-refractivity contribution in [1.82, 2.24) is 0 Å². The van der Waals surface area contributed by atoms with Crippen LogP contribution in [0.2, 0.25) is 0 Å². The van der Waals surface area contributed by atoms with Crippen molar-refractivity contribution in [3.05, 3.63) is 78.9 Å². The molecule has 1 heteroatoms. The van der Waals surface area contributed by atoms with E-state index < -0.39 is 0 Å². The summed E-state index contributed by atoms with van der Waals surface area (Å²) in [6.07, 6.45) is 0. The van der Waals surface area contributed by atoms with Crippen LogP contribution in [0.15, 0.2) is 78.9 Å². The first kappa shape index (κ1) is 12.9. The maximum Gasteiger partial charge on any atom is 0.0417 e. The Kier molecular flexibility index (Phi) is 3.05. The van der Waals surface area contributed by atoms with Gasteiger partial charge in [0.1, 0.15) is 0 Å². The van der Waals surface area contributed by atoms with Crippen molar-refractivity contribution in [2.24, 2.45) is 0 Å². The number of hydrogen-bond donors (Lipinski definition) is 1. The van der Waals surface area contributed by atoms with E-state index in [9.17, 15) is 0 Å². The molecule has 0 fully saturated rings. The molecule has 1 nitrogen and oxygen atoms in total. The van der Waals surface area contributed by atoms with Gasteiger partial charge in [-0.1, -0.05) is 72.8 Å². The van der Waals surface area contributed by atoms with Crippen LogP contribution in [0.3, 0.4) is 0 Å². The van der Waals surface area contributed by atoms with Crippen molar-refractivity contribution in [2.45, 2.75) is 0 Å². The minimum Gasteiger partial charge on any atom is -0.388 e. The van der Waals surface area contributed by atoms with Crippen LogP contribution in [0.1, 0.15) is 0 Å². The van der Waals surface area contributed by atoms with Gasteiger partial charge in [0.15, 0.2) is 0 Å². The van der Waals surface area contributed by atoms with Crippen LogP contribution in [-0.2, 0) is 0 Å². The van der Waals surface area contributed by atoms with Gasteiger partial charge in [-0.05, 0) is 33.4 Å². The molecule has 0 aliphatic heterocycles. The summed E-state index contributed by atoms with van der Waals surface area (Å²) in [6.45, 7) is 0. The molecule has 4 aromatic rings. The third-order valence-electron chi connectivity index (χ3n) is 4.27. The zero-order valence-electron chi connectivity index (χ0n) is 12.5. The molecule has 0 heterocycles. The van der Waals surface area contributed by atoms with Crippen LogP contribution >= 0.6 is 0 Å². The minimum atomic E-state index is 1.17. The SMILES string of the molecule is CNc1cccc2c1ccc1c(-c3ccccc3)cccc12. The molecule has 22 heavy (non-hydrogen) atoms. The Balaban J connectivity index is 2.09. The van der Waals surface area contributed by atoms with Crippen LogP contribution in [0.5, 0.6) is 0 Å². The van der Waals surface area contributed by atoms with Crippen LogP contribution in [-0.4, -0.2) is 7.05 Å². The highest BCUT2D eigenvalue weighted by Crippen LogP contribution is 2.35. The van der Waals surface area contributed by atoms with E-state index in [1.807, 2.05) is 7.05 Å². The fraction of sp³-hybridized carbons (Fsp3) is 0.0476. The van der Waals surface area contributed by atoms with Crippen molar-refractivity contribution in [2.75, 3.05) is 12.4 Å². The summed E-state index contributed by atoms with van der Waals surface area (Å²) in [5, 5.41) is 8.44. The third-order valence-corrected chi connectivity index (χ3v) is 4.27. The molecule has 0 aliphatic carbocycles. The molecule has 4 rings (SSSR count). The number of hydrogen-bond acceptors (Lipinski definition) is 1. The Bertz CT molecular complexity index is 955. The Morgan fingerprint density at radius 1 is 0.545 bits per heavy atom. The number of benzene rings is 4. The van der Waals surface area contributed by atoms with E-state index in [2.05, 4.69) is 84.2 Å².